The number of imidazole rings is 1. The van der Waals surface area contributed by atoms with Crippen LogP contribution >= 0.6 is 0 Å². The number of carboxylic acids is 1. The van der Waals surface area contributed by atoms with Crippen LogP contribution in [0.15, 0.2) is 66.9 Å². The van der Waals surface area contributed by atoms with Crippen molar-refractivity contribution in [3.8, 4) is 17.0 Å². The number of aromatic carboxylic acids is 1. The van der Waals surface area contributed by atoms with Crippen molar-refractivity contribution in [2.45, 2.75) is 0 Å². The number of hydrogen-bond acceptors (Lipinski definition) is 7. The largest absolute Gasteiger partial charge is 0.507 e. The predicted octanol–water partition coefficient (Wildman–Crippen LogP) is 4.36. The Morgan fingerprint density at radius 1 is 0.973 bits per heavy atom. The minimum atomic E-state index is -1.20. The maximum Gasteiger partial charge on any atom is 0.339 e. The standard InChI is InChI=1S/C28H23N5O4/c34-25-17-19(6-9-21(25)28(35)36)26-23(10-8-20-7-5-18-3-1-2-4-22(18)30-20)31-27-24(11-12-29-33(26)27)32-13-15-37-16-14-32/h1-12,17,34H,13-16H2,(H,35,36). The van der Waals surface area contributed by atoms with Gasteiger partial charge in [0, 0.05) is 24.0 Å². The maximum atomic E-state index is 11.4. The molecule has 0 spiro atoms. The molecule has 3 aromatic heterocycles. The summed E-state index contributed by atoms with van der Waals surface area (Å²) in [6.07, 6.45) is 5.47. The van der Waals surface area contributed by atoms with E-state index in [0.717, 1.165) is 35.4 Å². The third-order valence-electron chi connectivity index (χ3n) is 6.41. The van der Waals surface area contributed by atoms with Crippen LogP contribution in [0.1, 0.15) is 21.7 Å². The van der Waals surface area contributed by atoms with Gasteiger partial charge in [-0.05, 0) is 42.5 Å². The van der Waals surface area contributed by atoms with Crippen molar-refractivity contribution in [2.75, 3.05) is 31.2 Å². The minimum absolute atomic E-state index is 0.169. The number of benzene rings is 2. The minimum Gasteiger partial charge on any atom is -0.507 e. The van der Waals surface area contributed by atoms with Gasteiger partial charge in [0.2, 0.25) is 0 Å². The fraction of sp³-hybridized carbons (Fsp3) is 0.143. The number of nitrogens with zero attached hydrogens (tertiary/aromatic N) is 5. The maximum absolute atomic E-state index is 11.4. The Morgan fingerprint density at radius 3 is 2.62 bits per heavy atom. The summed E-state index contributed by atoms with van der Waals surface area (Å²) in [5, 5.41) is 25.4. The molecule has 0 unspecified atom stereocenters. The van der Waals surface area contributed by atoms with Crippen LogP contribution in [0.5, 0.6) is 5.75 Å². The number of aromatic nitrogens is 4. The zero-order chi connectivity index (χ0) is 25.4. The van der Waals surface area contributed by atoms with Crippen LogP contribution in [0, 0.1) is 0 Å². The van der Waals surface area contributed by atoms with Crippen LogP contribution in [-0.2, 0) is 4.74 Å². The first-order chi connectivity index (χ1) is 18.1. The van der Waals surface area contributed by atoms with Crippen LogP contribution < -0.4 is 4.90 Å². The molecule has 1 aliphatic heterocycles. The van der Waals surface area contributed by atoms with Gasteiger partial charge in [-0.2, -0.15) is 5.10 Å². The third-order valence-corrected chi connectivity index (χ3v) is 6.41. The van der Waals surface area contributed by atoms with Crippen LogP contribution in [0.2, 0.25) is 0 Å². The zero-order valence-corrected chi connectivity index (χ0v) is 19.8. The Labute approximate surface area is 211 Å². The van der Waals surface area contributed by atoms with Crippen molar-refractivity contribution in [1.29, 1.82) is 0 Å². The lowest BCUT2D eigenvalue weighted by molar-refractivity contribution is 0.0693. The van der Waals surface area contributed by atoms with Gasteiger partial charge < -0.3 is 19.8 Å². The molecular weight excluding hydrogens is 470 g/mol. The lowest BCUT2D eigenvalue weighted by Gasteiger charge is -2.28. The van der Waals surface area contributed by atoms with Gasteiger partial charge in [0.25, 0.3) is 0 Å². The molecule has 0 bridgehead atoms. The van der Waals surface area contributed by atoms with Crippen molar-refractivity contribution >= 4 is 40.4 Å². The summed E-state index contributed by atoms with van der Waals surface area (Å²) >= 11 is 0. The van der Waals surface area contributed by atoms with Gasteiger partial charge in [0.15, 0.2) is 5.65 Å². The lowest BCUT2D eigenvalue weighted by Crippen LogP contribution is -2.36. The molecule has 0 saturated carbocycles. The number of pyridine rings is 1. The Balaban J connectivity index is 1.51. The molecule has 184 valence electrons. The summed E-state index contributed by atoms with van der Waals surface area (Å²) in [6.45, 7) is 2.74. The molecule has 1 fully saturated rings. The normalized spacial score (nSPS) is 14.1. The molecule has 1 aliphatic rings. The lowest BCUT2D eigenvalue weighted by atomic mass is 10.1. The highest BCUT2D eigenvalue weighted by Crippen LogP contribution is 2.33. The number of anilines is 1. The predicted molar refractivity (Wildman–Crippen MR) is 141 cm³/mol. The monoisotopic (exact) mass is 493 g/mol. The number of fused-ring (bicyclic) bond motifs is 2. The number of carboxylic acid groups (broad SMARTS) is 1. The summed E-state index contributed by atoms with van der Waals surface area (Å²) < 4.78 is 7.24. The second-order valence-corrected chi connectivity index (χ2v) is 8.70. The third kappa shape index (κ3) is 4.25. The number of ether oxygens (including phenoxy) is 1. The topological polar surface area (TPSA) is 113 Å². The Morgan fingerprint density at radius 2 is 1.81 bits per heavy atom. The molecule has 9 nitrogen and oxygen atoms in total. The van der Waals surface area contributed by atoms with E-state index in [2.05, 4.69) is 10.00 Å². The van der Waals surface area contributed by atoms with E-state index in [4.69, 9.17) is 14.7 Å². The molecule has 0 atom stereocenters. The van der Waals surface area contributed by atoms with Crippen LogP contribution in [0.25, 0.3) is 40.0 Å². The van der Waals surface area contributed by atoms with Crippen molar-refractivity contribution in [3.05, 3.63) is 83.8 Å². The summed E-state index contributed by atoms with van der Waals surface area (Å²) in [7, 11) is 0. The summed E-state index contributed by atoms with van der Waals surface area (Å²) in [5.41, 5.74) is 4.92. The summed E-state index contributed by atoms with van der Waals surface area (Å²) in [4.78, 5) is 23.3. The van der Waals surface area contributed by atoms with Gasteiger partial charge in [0.05, 0.1) is 42.0 Å². The fourth-order valence-electron chi connectivity index (χ4n) is 4.59. The number of phenols is 1. The van der Waals surface area contributed by atoms with Gasteiger partial charge in [-0.15, -0.1) is 0 Å². The van der Waals surface area contributed by atoms with Gasteiger partial charge in [-0.25, -0.2) is 19.3 Å². The van der Waals surface area contributed by atoms with Crippen molar-refractivity contribution in [1.82, 2.24) is 19.6 Å². The van der Waals surface area contributed by atoms with Crippen LogP contribution in [-0.4, -0.2) is 62.1 Å². The molecule has 1 saturated heterocycles. The SMILES string of the molecule is O=C(O)c1ccc(-c2c(C=Cc3ccc4ccccc4n3)nc3c(N4CCOCC4)ccnn23)cc1O. The molecule has 5 aromatic rings. The number of hydrogen-bond donors (Lipinski definition) is 2. The van der Waals surface area contributed by atoms with E-state index in [1.54, 1.807) is 16.8 Å². The fourth-order valence-corrected chi connectivity index (χ4v) is 4.59. The van der Waals surface area contributed by atoms with Gasteiger partial charge in [0.1, 0.15) is 17.0 Å². The number of rotatable bonds is 5. The molecule has 2 aromatic carbocycles. The van der Waals surface area contributed by atoms with Crippen LogP contribution in [0.4, 0.5) is 5.69 Å². The first kappa shape index (κ1) is 22.7. The van der Waals surface area contributed by atoms with E-state index in [0.29, 0.717) is 35.8 Å². The first-order valence-corrected chi connectivity index (χ1v) is 11.9. The molecule has 37 heavy (non-hydrogen) atoms. The Kier molecular flexibility index (Phi) is 5.74. The highest BCUT2D eigenvalue weighted by Gasteiger charge is 2.21. The van der Waals surface area contributed by atoms with E-state index in [-0.39, 0.29) is 11.3 Å². The quantitative estimate of drug-likeness (QED) is 0.371. The van der Waals surface area contributed by atoms with Gasteiger partial charge in [-0.1, -0.05) is 30.3 Å². The number of para-hydroxylation sites is 1. The highest BCUT2D eigenvalue weighted by atomic mass is 16.5. The molecule has 6 rings (SSSR count). The molecule has 0 aliphatic carbocycles. The van der Waals surface area contributed by atoms with E-state index in [1.165, 1.54) is 12.1 Å². The van der Waals surface area contributed by atoms with Gasteiger partial charge in [-0.3, -0.25) is 0 Å². The number of morpholine rings is 1. The average molecular weight is 494 g/mol. The van der Waals surface area contributed by atoms with Crippen molar-refractivity contribution in [3.63, 3.8) is 0 Å². The van der Waals surface area contributed by atoms with Crippen LogP contribution in [0.3, 0.4) is 0 Å². The van der Waals surface area contributed by atoms with Gasteiger partial charge >= 0.3 is 5.97 Å². The zero-order valence-electron chi connectivity index (χ0n) is 19.8. The second kappa shape index (κ2) is 9.36. The number of aromatic hydroxyl groups is 1. The highest BCUT2D eigenvalue weighted by molar-refractivity contribution is 5.92. The Bertz CT molecular complexity index is 1670. The first-order valence-electron chi connectivity index (χ1n) is 11.9. The van der Waals surface area contributed by atoms with E-state index in [9.17, 15) is 15.0 Å². The molecular formula is C28H23N5O4. The van der Waals surface area contributed by atoms with E-state index in [1.807, 2.05) is 54.6 Å². The molecule has 0 radical (unpaired) electrons. The summed E-state index contributed by atoms with van der Waals surface area (Å²) in [5.74, 6) is -1.52. The molecule has 0 amide bonds. The average Bonchev–Trinajstić information content (AvgIpc) is 3.30. The second-order valence-electron chi connectivity index (χ2n) is 8.70. The molecule has 9 heteroatoms. The summed E-state index contributed by atoms with van der Waals surface area (Å²) in [6, 6.07) is 18.3. The van der Waals surface area contributed by atoms with Crippen molar-refractivity contribution in [2.24, 2.45) is 0 Å². The Hall–Kier alpha value is -4.76. The number of carbonyl (C=O) groups is 1. The smallest absolute Gasteiger partial charge is 0.339 e. The van der Waals surface area contributed by atoms with E-state index >= 15 is 0 Å². The van der Waals surface area contributed by atoms with E-state index < -0.39 is 5.97 Å². The van der Waals surface area contributed by atoms with Crippen molar-refractivity contribution < 1.29 is 19.7 Å². The molecule has 4 heterocycles. The molecule has 2 N–H and O–H groups in total.